The van der Waals surface area contributed by atoms with E-state index >= 15 is 0 Å². The van der Waals surface area contributed by atoms with Crippen LogP contribution in [0.1, 0.15) is 16.4 Å². The third-order valence-corrected chi connectivity index (χ3v) is 7.41. The van der Waals surface area contributed by atoms with Crippen molar-refractivity contribution in [2.45, 2.75) is 18.3 Å². The van der Waals surface area contributed by atoms with Gasteiger partial charge >= 0.3 is 29.6 Å². The van der Waals surface area contributed by atoms with Gasteiger partial charge in [0.25, 0.3) is 11.8 Å². The van der Waals surface area contributed by atoms with E-state index in [1.54, 1.807) is 17.7 Å². The number of fused-ring (bicyclic) bond motifs is 1. The van der Waals surface area contributed by atoms with Crippen LogP contribution in [-0.4, -0.2) is 65.1 Å². The van der Waals surface area contributed by atoms with Crippen molar-refractivity contribution in [2.24, 2.45) is 5.16 Å². The summed E-state index contributed by atoms with van der Waals surface area (Å²) in [5, 5.41) is 25.7. The minimum atomic E-state index is -1.49. The van der Waals surface area contributed by atoms with Crippen molar-refractivity contribution in [3.8, 4) is 0 Å². The summed E-state index contributed by atoms with van der Waals surface area (Å²) in [5.74, 6) is -2.92. The number of carboxylic acid groups (broad SMARTS) is 1. The van der Waals surface area contributed by atoms with E-state index in [1.807, 2.05) is 6.92 Å². The maximum atomic E-state index is 12.7. The minimum Gasteiger partial charge on any atom is -0.543 e. The van der Waals surface area contributed by atoms with E-state index in [-0.39, 0.29) is 52.0 Å². The van der Waals surface area contributed by atoms with Gasteiger partial charge in [0.1, 0.15) is 11.4 Å². The molecule has 0 aliphatic carbocycles. The van der Waals surface area contributed by atoms with E-state index in [0.717, 1.165) is 27.0 Å². The molecule has 33 heavy (non-hydrogen) atoms. The van der Waals surface area contributed by atoms with E-state index in [0.29, 0.717) is 5.57 Å². The molecule has 0 aromatic carbocycles. The number of aromatic nitrogens is 3. The fourth-order valence-corrected chi connectivity index (χ4v) is 5.59. The van der Waals surface area contributed by atoms with Gasteiger partial charge in [-0.2, -0.15) is 9.36 Å². The predicted molar refractivity (Wildman–Crippen MR) is 116 cm³/mol. The molecule has 4 heterocycles. The number of carbonyl (C=O) groups excluding carboxylic acids is 3. The Morgan fingerprint density at radius 3 is 2.76 bits per heavy atom. The Balaban J connectivity index is 0.00000306. The molecule has 4 rings (SSSR count). The molecule has 0 bridgehead atoms. The Labute approximate surface area is 221 Å². The van der Waals surface area contributed by atoms with Gasteiger partial charge < -0.3 is 26.2 Å². The SMILES string of the molecule is Cc1ncsc1C=CC1=C(C(=O)[O-])N2C(=O)C(NC(=O)C(=NO)c3nsc(N)n3)[C@H]2SC1.[Na+]. The third kappa shape index (κ3) is 4.83. The molecule has 2 atom stereocenters. The third-order valence-electron chi connectivity index (χ3n) is 4.66. The molecule has 0 spiro atoms. The van der Waals surface area contributed by atoms with Crippen LogP contribution >= 0.6 is 34.6 Å². The number of nitrogen functional groups attached to an aromatic ring is 1. The Bertz CT molecular complexity index is 1210. The topological polar surface area (TPSA) is 187 Å². The minimum absolute atomic E-state index is 0. The summed E-state index contributed by atoms with van der Waals surface area (Å²) in [7, 11) is 0. The predicted octanol–water partition coefficient (Wildman–Crippen LogP) is -3.82. The van der Waals surface area contributed by atoms with Crippen LogP contribution in [0.25, 0.3) is 6.08 Å². The number of hydrogen-bond acceptors (Lipinski definition) is 13. The Hall–Kier alpha value is -2.30. The second kappa shape index (κ2) is 10.3. The number of thiazole rings is 1. The van der Waals surface area contributed by atoms with E-state index in [1.165, 1.54) is 23.1 Å². The first-order chi connectivity index (χ1) is 15.3. The van der Waals surface area contributed by atoms with Gasteiger partial charge in [0.2, 0.25) is 11.5 Å². The number of nitrogens with two attached hydrogens (primary N) is 1. The molecule has 4 N–H and O–H groups in total. The normalized spacial score (nSPS) is 20.3. The second-order valence-corrected chi connectivity index (χ2v) is 9.34. The number of anilines is 1. The molecule has 0 saturated carbocycles. The molecule has 1 unspecified atom stereocenters. The van der Waals surface area contributed by atoms with Gasteiger partial charge in [-0.15, -0.1) is 23.1 Å². The summed E-state index contributed by atoms with van der Waals surface area (Å²) >= 11 is 3.50. The molecule has 0 radical (unpaired) electrons. The first-order valence-electron chi connectivity index (χ1n) is 8.91. The maximum absolute atomic E-state index is 12.7. The number of rotatable bonds is 6. The number of hydrogen-bond donors (Lipinski definition) is 3. The van der Waals surface area contributed by atoms with Crippen molar-refractivity contribution in [2.75, 3.05) is 11.5 Å². The summed E-state index contributed by atoms with van der Waals surface area (Å²) in [6.45, 7) is 1.83. The van der Waals surface area contributed by atoms with Crippen molar-refractivity contribution in [1.82, 2.24) is 24.6 Å². The number of nitrogens with zero attached hydrogens (tertiary/aromatic N) is 5. The molecule has 2 aliphatic rings. The van der Waals surface area contributed by atoms with E-state index in [9.17, 15) is 24.7 Å². The molecule has 16 heteroatoms. The average Bonchev–Trinajstić information content (AvgIpc) is 3.37. The molecular weight excluding hydrogens is 501 g/mol. The molecule has 166 valence electrons. The van der Waals surface area contributed by atoms with Crippen molar-refractivity contribution >= 4 is 69.3 Å². The Morgan fingerprint density at radius 1 is 1.42 bits per heavy atom. The van der Waals surface area contributed by atoms with Crippen LogP contribution in [0.2, 0.25) is 0 Å². The zero-order valence-corrected chi connectivity index (χ0v) is 21.7. The monoisotopic (exact) mass is 515 g/mol. The number of amides is 2. The zero-order valence-electron chi connectivity index (χ0n) is 17.2. The van der Waals surface area contributed by atoms with Crippen LogP contribution in [-0.2, 0) is 14.4 Å². The van der Waals surface area contributed by atoms with Crippen molar-refractivity contribution in [1.29, 1.82) is 0 Å². The largest absolute Gasteiger partial charge is 1.00 e. The fraction of sp³-hybridized carbons (Fsp3) is 0.235. The van der Waals surface area contributed by atoms with Crippen molar-refractivity contribution < 1.29 is 54.3 Å². The fourth-order valence-electron chi connectivity index (χ4n) is 3.14. The molecular formula is C17H14N7NaO5S3. The van der Waals surface area contributed by atoms with Crippen LogP contribution in [0.15, 0.2) is 28.0 Å². The molecule has 12 nitrogen and oxygen atoms in total. The Kier molecular flexibility index (Phi) is 7.92. The first kappa shape index (κ1) is 25.3. The van der Waals surface area contributed by atoms with Gasteiger partial charge in [-0.1, -0.05) is 11.2 Å². The maximum Gasteiger partial charge on any atom is 1.00 e. The van der Waals surface area contributed by atoms with E-state index in [2.05, 4.69) is 24.8 Å². The van der Waals surface area contributed by atoms with Crippen molar-refractivity contribution in [3.63, 3.8) is 0 Å². The zero-order chi connectivity index (χ0) is 23.0. The number of β-lactam (4-membered cyclic amide) rings is 1. The standard InChI is InChI=1S/C17H15N7O5S3.Na/c1-6-8(31-5-19-6)3-2-7-4-30-15-10(14(26)24(15)11(7)16(27)28)20-13(25)9(22-29)12-21-17(18)32-23-12;/h2-3,5,10,15,29H,4H2,1H3,(H,20,25)(H,27,28)(H2,18,21,23);/q;+1/p-1/t10?,15-;/m1./s1. The smallest absolute Gasteiger partial charge is 0.543 e. The first-order valence-corrected chi connectivity index (χ1v) is 11.6. The van der Waals surface area contributed by atoms with Gasteiger partial charge in [-0.3, -0.25) is 14.5 Å². The van der Waals surface area contributed by atoms with Gasteiger partial charge in [-0.05, 0) is 18.6 Å². The van der Waals surface area contributed by atoms with Gasteiger partial charge in [0.05, 0.1) is 22.9 Å². The van der Waals surface area contributed by atoms with Gasteiger partial charge in [0, 0.05) is 22.2 Å². The van der Waals surface area contributed by atoms with Crippen molar-refractivity contribution in [3.05, 3.63) is 39.3 Å². The summed E-state index contributed by atoms with van der Waals surface area (Å²) in [5.41, 5.74) is 7.63. The molecule has 1 fully saturated rings. The number of thioether (sulfide) groups is 1. The number of aliphatic carboxylic acids is 1. The summed E-state index contributed by atoms with van der Waals surface area (Å²) in [6.07, 6.45) is 3.37. The molecule has 1 saturated heterocycles. The quantitative estimate of drug-likeness (QED) is 0.113. The molecule has 2 aromatic rings. The van der Waals surface area contributed by atoms with Crippen LogP contribution in [0.3, 0.4) is 0 Å². The van der Waals surface area contributed by atoms with Crippen LogP contribution in [0, 0.1) is 6.92 Å². The number of carbonyl (C=O) groups is 3. The Morgan fingerprint density at radius 2 is 2.18 bits per heavy atom. The second-order valence-electron chi connectivity index (χ2n) is 6.56. The summed E-state index contributed by atoms with van der Waals surface area (Å²) in [4.78, 5) is 46.9. The molecule has 2 aromatic heterocycles. The summed E-state index contributed by atoms with van der Waals surface area (Å²) < 4.78 is 3.80. The van der Waals surface area contributed by atoms with Crippen LogP contribution < -0.4 is 45.7 Å². The number of aryl methyl sites for hydroxylation is 1. The number of oxime groups is 1. The molecule has 2 aliphatic heterocycles. The van der Waals surface area contributed by atoms with E-state index < -0.39 is 34.9 Å². The average molecular weight is 516 g/mol. The number of carboxylic acids is 1. The molecule has 2 amide bonds. The van der Waals surface area contributed by atoms with E-state index in [4.69, 9.17) is 5.73 Å². The number of nitrogens with one attached hydrogen (secondary N) is 1. The summed E-state index contributed by atoms with van der Waals surface area (Å²) in [6, 6.07) is -1.02. The van der Waals surface area contributed by atoms with Gasteiger partial charge in [0.15, 0.2) is 5.13 Å². The van der Waals surface area contributed by atoms with Crippen LogP contribution in [0.4, 0.5) is 5.13 Å². The van der Waals surface area contributed by atoms with Crippen LogP contribution in [0.5, 0.6) is 0 Å². The van der Waals surface area contributed by atoms with Gasteiger partial charge in [-0.25, -0.2) is 4.98 Å². The number of allylic oxidation sites excluding steroid dienone is 1.